The summed E-state index contributed by atoms with van der Waals surface area (Å²) in [4.78, 5) is 1.30. The van der Waals surface area contributed by atoms with Gasteiger partial charge in [0.2, 0.25) is 0 Å². The maximum atomic E-state index is 4.23. The fraction of sp³-hybridized carbons (Fsp3) is 0.200. The predicted molar refractivity (Wildman–Crippen MR) is 81.3 cm³/mol. The lowest BCUT2D eigenvalue weighted by molar-refractivity contribution is 0.640. The van der Waals surface area contributed by atoms with Gasteiger partial charge < -0.3 is 5.32 Å². The number of rotatable bonds is 4. The molecule has 102 valence electrons. The van der Waals surface area contributed by atoms with E-state index in [-0.39, 0.29) is 6.04 Å². The minimum atomic E-state index is 0.102. The van der Waals surface area contributed by atoms with Crippen LogP contribution in [0.25, 0.3) is 5.69 Å². The Morgan fingerprint density at radius 1 is 1.20 bits per heavy atom. The SMILES string of the molecule is CNC(c1sccc1C)c1cnnn1-c1ccccc1. The van der Waals surface area contributed by atoms with Gasteiger partial charge in [-0.25, -0.2) is 4.68 Å². The molecule has 0 aliphatic carbocycles. The zero-order valence-corrected chi connectivity index (χ0v) is 12.3. The van der Waals surface area contributed by atoms with Gasteiger partial charge in [0.15, 0.2) is 0 Å². The molecule has 1 atom stereocenters. The van der Waals surface area contributed by atoms with Gasteiger partial charge in [-0.15, -0.1) is 16.4 Å². The zero-order chi connectivity index (χ0) is 13.9. The van der Waals surface area contributed by atoms with Crippen molar-refractivity contribution in [3.63, 3.8) is 0 Å². The van der Waals surface area contributed by atoms with Crippen LogP contribution in [0.2, 0.25) is 0 Å². The Hall–Kier alpha value is -1.98. The van der Waals surface area contributed by atoms with Crippen LogP contribution in [0.4, 0.5) is 0 Å². The molecule has 5 heteroatoms. The Kier molecular flexibility index (Phi) is 3.62. The standard InChI is InChI=1S/C15H16N4S/c1-11-8-9-20-15(11)14(16-2)13-10-17-18-19(13)12-6-4-3-5-7-12/h3-10,14,16H,1-2H3. The molecule has 0 saturated carbocycles. The van der Waals surface area contributed by atoms with E-state index in [0.717, 1.165) is 11.4 Å². The van der Waals surface area contributed by atoms with Crippen molar-refractivity contribution < 1.29 is 0 Å². The first kappa shape index (κ1) is 13.0. The molecular weight excluding hydrogens is 268 g/mol. The largest absolute Gasteiger partial charge is 0.307 e. The molecule has 0 spiro atoms. The average molecular weight is 284 g/mol. The molecule has 0 radical (unpaired) electrons. The van der Waals surface area contributed by atoms with E-state index >= 15 is 0 Å². The van der Waals surface area contributed by atoms with Crippen molar-refractivity contribution in [1.29, 1.82) is 0 Å². The lowest BCUT2D eigenvalue weighted by atomic mass is 10.1. The van der Waals surface area contributed by atoms with E-state index in [4.69, 9.17) is 0 Å². The van der Waals surface area contributed by atoms with Gasteiger partial charge in [-0.2, -0.15) is 0 Å². The monoisotopic (exact) mass is 284 g/mol. The Balaban J connectivity index is 2.07. The average Bonchev–Trinajstić information content (AvgIpc) is 3.11. The quantitative estimate of drug-likeness (QED) is 0.801. The van der Waals surface area contributed by atoms with Crippen molar-refractivity contribution in [2.45, 2.75) is 13.0 Å². The van der Waals surface area contributed by atoms with Gasteiger partial charge in [-0.1, -0.05) is 23.4 Å². The Labute approximate surface area is 122 Å². The number of aromatic nitrogens is 3. The third-order valence-corrected chi connectivity index (χ3v) is 4.41. The van der Waals surface area contributed by atoms with E-state index in [1.165, 1.54) is 10.4 Å². The lowest BCUT2D eigenvalue weighted by Gasteiger charge is -2.17. The molecule has 1 N–H and O–H groups in total. The number of benzene rings is 1. The number of thiophene rings is 1. The van der Waals surface area contributed by atoms with E-state index < -0.39 is 0 Å². The minimum absolute atomic E-state index is 0.102. The van der Waals surface area contributed by atoms with Gasteiger partial charge in [0.25, 0.3) is 0 Å². The van der Waals surface area contributed by atoms with Gasteiger partial charge in [0.05, 0.1) is 23.6 Å². The molecule has 0 aliphatic heterocycles. The van der Waals surface area contributed by atoms with Crippen LogP contribution >= 0.6 is 11.3 Å². The molecule has 2 aromatic heterocycles. The highest BCUT2D eigenvalue weighted by Gasteiger charge is 2.20. The molecule has 0 bridgehead atoms. The van der Waals surface area contributed by atoms with Gasteiger partial charge in [-0.05, 0) is 43.1 Å². The Morgan fingerprint density at radius 3 is 2.65 bits per heavy atom. The summed E-state index contributed by atoms with van der Waals surface area (Å²) in [5, 5.41) is 13.8. The fourth-order valence-corrected chi connectivity index (χ4v) is 3.35. The summed E-state index contributed by atoms with van der Waals surface area (Å²) in [6.45, 7) is 2.13. The minimum Gasteiger partial charge on any atom is -0.307 e. The Bertz CT molecular complexity index is 687. The molecule has 3 rings (SSSR count). The van der Waals surface area contributed by atoms with Crippen molar-refractivity contribution in [2.24, 2.45) is 0 Å². The van der Waals surface area contributed by atoms with Gasteiger partial charge in [-0.3, -0.25) is 0 Å². The van der Waals surface area contributed by atoms with Crippen molar-refractivity contribution in [3.05, 3.63) is 64.1 Å². The van der Waals surface area contributed by atoms with Crippen LogP contribution in [-0.2, 0) is 0 Å². The van der Waals surface area contributed by atoms with Gasteiger partial charge >= 0.3 is 0 Å². The predicted octanol–water partition coefficient (Wildman–Crippen LogP) is 2.95. The van der Waals surface area contributed by atoms with Crippen molar-refractivity contribution >= 4 is 11.3 Å². The van der Waals surface area contributed by atoms with E-state index in [2.05, 4.69) is 34.0 Å². The third kappa shape index (κ3) is 2.26. The van der Waals surface area contributed by atoms with Gasteiger partial charge in [0, 0.05) is 4.88 Å². The second-order valence-corrected chi connectivity index (χ2v) is 5.54. The van der Waals surface area contributed by atoms with Crippen LogP contribution in [0.1, 0.15) is 22.2 Å². The smallest absolute Gasteiger partial charge is 0.0868 e. The number of nitrogens with one attached hydrogen (secondary N) is 1. The van der Waals surface area contributed by atoms with E-state index in [1.807, 2.05) is 48.3 Å². The van der Waals surface area contributed by atoms with Crippen LogP contribution in [0.5, 0.6) is 0 Å². The normalized spacial score (nSPS) is 12.5. The summed E-state index contributed by atoms with van der Waals surface area (Å²) in [5.74, 6) is 0. The molecule has 1 aromatic carbocycles. The van der Waals surface area contributed by atoms with Crippen LogP contribution in [0.3, 0.4) is 0 Å². The van der Waals surface area contributed by atoms with Crippen LogP contribution in [0, 0.1) is 6.92 Å². The molecule has 0 fully saturated rings. The first-order valence-electron chi connectivity index (χ1n) is 6.48. The highest BCUT2D eigenvalue weighted by molar-refractivity contribution is 7.10. The highest BCUT2D eigenvalue weighted by Crippen LogP contribution is 2.29. The molecule has 0 amide bonds. The summed E-state index contributed by atoms with van der Waals surface area (Å²) in [6, 6.07) is 12.3. The van der Waals surface area contributed by atoms with Crippen molar-refractivity contribution in [3.8, 4) is 5.69 Å². The lowest BCUT2D eigenvalue weighted by Crippen LogP contribution is -2.20. The number of aryl methyl sites for hydroxylation is 1. The summed E-state index contributed by atoms with van der Waals surface area (Å²) >= 11 is 1.75. The maximum absolute atomic E-state index is 4.23. The summed E-state index contributed by atoms with van der Waals surface area (Å²) < 4.78 is 1.89. The summed E-state index contributed by atoms with van der Waals surface area (Å²) in [5.41, 5.74) is 3.36. The summed E-state index contributed by atoms with van der Waals surface area (Å²) in [7, 11) is 1.96. The van der Waals surface area contributed by atoms with Crippen LogP contribution in [-0.4, -0.2) is 22.0 Å². The first-order chi connectivity index (χ1) is 9.81. The Morgan fingerprint density at radius 2 is 2.00 bits per heavy atom. The van der Waals surface area contributed by atoms with Crippen molar-refractivity contribution in [2.75, 3.05) is 7.05 Å². The number of para-hydroxylation sites is 1. The van der Waals surface area contributed by atoms with Crippen LogP contribution in [0.15, 0.2) is 48.0 Å². The third-order valence-electron chi connectivity index (χ3n) is 3.32. The zero-order valence-electron chi connectivity index (χ0n) is 11.4. The molecule has 0 aliphatic rings. The number of hydrogen-bond acceptors (Lipinski definition) is 4. The van der Waals surface area contributed by atoms with E-state index in [0.29, 0.717) is 0 Å². The molecular formula is C15H16N4S. The molecule has 1 unspecified atom stereocenters. The number of hydrogen-bond donors (Lipinski definition) is 1. The second-order valence-electron chi connectivity index (χ2n) is 4.60. The molecule has 4 nitrogen and oxygen atoms in total. The molecule has 2 heterocycles. The van der Waals surface area contributed by atoms with Gasteiger partial charge in [0.1, 0.15) is 0 Å². The van der Waals surface area contributed by atoms with E-state index in [9.17, 15) is 0 Å². The second kappa shape index (κ2) is 5.56. The first-order valence-corrected chi connectivity index (χ1v) is 7.36. The number of nitrogens with zero attached hydrogens (tertiary/aromatic N) is 3. The van der Waals surface area contributed by atoms with Crippen molar-refractivity contribution in [1.82, 2.24) is 20.3 Å². The highest BCUT2D eigenvalue weighted by atomic mass is 32.1. The topological polar surface area (TPSA) is 42.7 Å². The molecule has 20 heavy (non-hydrogen) atoms. The fourth-order valence-electron chi connectivity index (χ4n) is 2.30. The van der Waals surface area contributed by atoms with E-state index in [1.54, 1.807) is 11.3 Å². The van der Waals surface area contributed by atoms with Crippen LogP contribution < -0.4 is 5.32 Å². The summed E-state index contributed by atoms with van der Waals surface area (Å²) in [6.07, 6.45) is 1.83. The molecule has 0 saturated heterocycles. The molecule has 3 aromatic rings. The maximum Gasteiger partial charge on any atom is 0.0868 e.